The SMILES string of the molecule is CC1(C)C/C(=N\Nc2ccccc2)C(=NO)/C(=N/Nc2ccccc2)C1. The minimum atomic E-state index is -0.0391. The number of nitrogens with one attached hydrogen (secondary N) is 2. The van der Waals surface area contributed by atoms with Crippen molar-refractivity contribution in [3.63, 3.8) is 0 Å². The highest BCUT2D eigenvalue weighted by Crippen LogP contribution is 2.32. The molecule has 0 aromatic heterocycles. The lowest BCUT2D eigenvalue weighted by molar-refractivity contribution is 0.319. The molecule has 6 nitrogen and oxygen atoms in total. The molecule has 2 aromatic rings. The van der Waals surface area contributed by atoms with E-state index >= 15 is 0 Å². The molecule has 1 aliphatic rings. The summed E-state index contributed by atoms with van der Waals surface area (Å²) in [7, 11) is 0. The van der Waals surface area contributed by atoms with Crippen LogP contribution in [0.15, 0.2) is 76.0 Å². The van der Waals surface area contributed by atoms with Gasteiger partial charge in [0.2, 0.25) is 0 Å². The Kier molecular flexibility index (Phi) is 5.31. The van der Waals surface area contributed by atoms with Gasteiger partial charge in [-0.3, -0.25) is 10.9 Å². The molecule has 3 rings (SSSR count). The van der Waals surface area contributed by atoms with Crippen molar-refractivity contribution < 1.29 is 5.21 Å². The van der Waals surface area contributed by atoms with Gasteiger partial charge in [0.15, 0.2) is 0 Å². The van der Waals surface area contributed by atoms with Gasteiger partial charge in [0.05, 0.1) is 22.8 Å². The topological polar surface area (TPSA) is 81.4 Å². The van der Waals surface area contributed by atoms with E-state index < -0.39 is 0 Å². The van der Waals surface area contributed by atoms with Gasteiger partial charge in [-0.15, -0.1) is 0 Å². The van der Waals surface area contributed by atoms with Gasteiger partial charge in [-0.2, -0.15) is 10.2 Å². The second-order valence-corrected chi connectivity index (χ2v) is 7.04. The van der Waals surface area contributed by atoms with Gasteiger partial charge in [-0.1, -0.05) is 55.4 Å². The zero-order valence-corrected chi connectivity index (χ0v) is 15.0. The van der Waals surface area contributed by atoms with Crippen molar-refractivity contribution in [1.29, 1.82) is 0 Å². The Labute approximate surface area is 153 Å². The van der Waals surface area contributed by atoms with Crippen LogP contribution in [0.25, 0.3) is 0 Å². The quantitative estimate of drug-likeness (QED) is 0.558. The fourth-order valence-electron chi connectivity index (χ4n) is 2.89. The van der Waals surface area contributed by atoms with Gasteiger partial charge in [0, 0.05) is 0 Å². The first-order chi connectivity index (χ1) is 12.6. The molecule has 0 unspecified atom stereocenters. The van der Waals surface area contributed by atoms with Crippen LogP contribution in [-0.2, 0) is 0 Å². The van der Waals surface area contributed by atoms with Crippen molar-refractivity contribution in [2.45, 2.75) is 26.7 Å². The molecule has 0 aliphatic heterocycles. The van der Waals surface area contributed by atoms with Crippen LogP contribution < -0.4 is 10.9 Å². The molecule has 2 aromatic carbocycles. The first-order valence-corrected chi connectivity index (χ1v) is 8.55. The molecular weight excluding hydrogens is 326 g/mol. The molecule has 0 heterocycles. The van der Waals surface area contributed by atoms with Crippen molar-refractivity contribution in [2.24, 2.45) is 20.8 Å². The summed E-state index contributed by atoms with van der Waals surface area (Å²) in [5, 5.41) is 22.0. The van der Waals surface area contributed by atoms with Crippen LogP contribution in [0.2, 0.25) is 0 Å². The third-order valence-electron chi connectivity index (χ3n) is 4.13. The Bertz CT molecular complexity index is 760. The highest BCUT2D eigenvalue weighted by molar-refractivity contribution is 6.69. The smallest absolute Gasteiger partial charge is 0.149 e. The Hall–Kier alpha value is -3.15. The van der Waals surface area contributed by atoms with Crippen molar-refractivity contribution >= 4 is 28.5 Å². The van der Waals surface area contributed by atoms with Gasteiger partial charge in [0.1, 0.15) is 5.71 Å². The maximum absolute atomic E-state index is 9.57. The van der Waals surface area contributed by atoms with E-state index in [1.807, 2.05) is 60.7 Å². The number of hydrogen-bond donors (Lipinski definition) is 3. The third kappa shape index (κ3) is 4.47. The summed E-state index contributed by atoms with van der Waals surface area (Å²) in [5.41, 5.74) is 9.55. The van der Waals surface area contributed by atoms with E-state index in [1.165, 1.54) is 0 Å². The number of rotatable bonds is 4. The monoisotopic (exact) mass is 349 g/mol. The van der Waals surface area contributed by atoms with Gasteiger partial charge >= 0.3 is 0 Å². The number of para-hydroxylation sites is 2. The lowest BCUT2D eigenvalue weighted by Crippen LogP contribution is -2.39. The van der Waals surface area contributed by atoms with Crippen LogP contribution in [0.4, 0.5) is 11.4 Å². The van der Waals surface area contributed by atoms with Crippen LogP contribution in [0.3, 0.4) is 0 Å². The molecule has 0 spiro atoms. The summed E-state index contributed by atoms with van der Waals surface area (Å²) in [5.74, 6) is 0. The van der Waals surface area contributed by atoms with E-state index in [9.17, 15) is 5.21 Å². The average Bonchev–Trinajstić information content (AvgIpc) is 2.65. The summed E-state index contributed by atoms with van der Waals surface area (Å²) in [6.07, 6.45) is 1.38. The van der Waals surface area contributed by atoms with Crippen molar-refractivity contribution in [3.8, 4) is 0 Å². The highest BCUT2D eigenvalue weighted by Gasteiger charge is 2.35. The lowest BCUT2D eigenvalue weighted by atomic mass is 9.74. The number of oxime groups is 1. The first-order valence-electron chi connectivity index (χ1n) is 8.55. The van der Waals surface area contributed by atoms with E-state index in [2.05, 4.69) is 40.1 Å². The number of hydrazone groups is 2. The zero-order valence-electron chi connectivity index (χ0n) is 15.0. The molecule has 26 heavy (non-hydrogen) atoms. The van der Waals surface area contributed by atoms with Gasteiger partial charge in [-0.25, -0.2) is 0 Å². The van der Waals surface area contributed by atoms with E-state index in [4.69, 9.17) is 0 Å². The number of hydrogen-bond acceptors (Lipinski definition) is 6. The summed E-state index contributed by atoms with van der Waals surface area (Å²) in [4.78, 5) is 0. The molecule has 6 heteroatoms. The molecule has 134 valence electrons. The molecule has 0 radical (unpaired) electrons. The predicted octanol–water partition coefficient (Wildman–Crippen LogP) is 4.57. The largest absolute Gasteiger partial charge is 0.410 e. The second kappa shape index (κ2) is 7.82. The van der Waals surface area contributed by atoms with Crippen molar-refractivity contribution in [3.05, 3.63) is 60.7 Å². The van der Waals surface area contributed by atoms with Crippen molar-refractivity contribution in [1.82, 2.24) is 0 Å². The molecule has 3 N–H and O–H groups in total. The summed E-state index contributed by atoms with van der Waals surface area (Å²) in [6, 6.07) is 19.4. The van der Waals surface area contributed by atoms with E-state index in [-0.39, 0.29) is 5.41 Å². The summed E-state index contributed by atoms with van der Waals surface area (Å²) >= 11 is 0. The molecule has 0 saturated heterocycles. The second-order valence-electron chi connectivity index (χ2n) is 7.04. The lowest BCUT2D eigenvalue weighted by Gasteiger charge is -2.31. The van der Waals surface area contributed by atoms with Crippen LogP contribution in [0.1, 0.15) is 26.7 Å². The van der Waals surface area contributed by atoms with Crippen LogP contribution >= 0.6 is 0 Å². The van der Waals surface area contributed by atoms with Gasteiger partial charge < -0.3 is 5.21 Å². The maximum Gasteiger partial charge on any atom is 0.149 e. The fraction of sp³-hybridized carbons (Fsp3) is 0.250. The van der Waals surface area contributed by atoms with Crippen LogP contribution in [0, 0.1) is 5.41 Å². The minimum Gasteiger partial charge on any atom is -0.410 e. The normalized spacial score (nSPS) is 19.4. The zero-order chi connectivity index (χ0) is 18.4. The Morgan fingerprint density at radius 1 is 0.769 bits per heavy atom. The maximum atomic E-state index is 9.57. The minimum absolute atomic E-state index is 0.0391. The van der Waals surface area contributed by atoms with Gasteiger partial charge in [-0.05, 0) is 42.5 Å². The molecular formula is C20H23N5O. The third-order valence-corrected chi connectivity index (χ3v) is 4.13. The standard InChI is InChI=1S/C20H23N5O/c1-20(2)13-17(23-21-15-9-5-3-6-10-15)19(25-26)18(14-20)24-22-16-11-7-4-8-12-16/h3-12,21-22,26H,13-14H2,1-2H3/b23-17+,24-18+. The molecule has 1 fully saturated rings. The van der Waals surface area contributed by atoms with Crippen molar-refractivity contribution in [2.75, 3.05) is 10.9 Å². The summed E-state index contributed by atoms with van der Waals surface area (Å²) < 4.78 is 0. The Morgan fingerprint density at radius 2 is 1.19 bits per heavy atom. The first kappa shape index (κ1) is 17.7. The molecule has 0 amide bonds. The van der Waals surface area contributed by atoms with E-state index in [0.717, 1.165) is 11.4 Å². The average molecular weight is 349 g/mol. The van der Waals surface area contributed by atoms with E-state index in [1.54, 1.807) is 0 Å². The molecule has 1 saturated carbocycles. The number of anilines is 2. The Morgan fingerprint density at radius 3 is 1.58 bits per heavy atom. The van der Waals surface area contributed by atoms with Crippen LogP contribution in [0.5, 0.6) is 0 Å². The Balaban J connectivity index is 1.85. The van der Waals surface area contributed by atoms with E-state index in [0.29, 0.717) is 30.0 Å². The van der Waals surface area contributed by atoms with Gasteiger partial charge in [0.25, 0.3) is 0 Å². The summed E-state index contributed by atoms with van der Waals surface area (Å²) in [6.45, 7) is 4.30. The molecule has 1 aliphatic carbocycles. The molecule has 0 atom stereocenters. The number of nitrogens with zero attached hydrogens (tertiary/aromatic N) is 3. The number of benzene rings is 2. The highest BCUT2D eigenvalue weighted by atomic mass is 16.4. The fourth-order valence-corrected chi connectivity index (χ4v) is 2.89. The predicted molar refractivity (Wildman–Crippen MR) is 107 cm³/mol. The molecule has 0 bridgehead atoms. The van der Waals surface area contributed by atoms with Crippen LogP contribution in [-0.4, -0.2) is 22.3 Å².